The van der Waals surface area contributed by atoms with Crippen LogP contribution in [0.1, 0.15) is 37.2 Å². The number of anilines is 2. The number of likely N-dealkylation sites (tertiary alicyclic amines) is 1. The predicted molar refractivity (Wildman–Crippen MR) is 125 cm³/mol. The van der Waals surface area contributed by atoms with Crippen molar-refractivity contribution >= 4 is 29.1 Å². The molecule has 1 atom stereocenters. The summed E-state index contributed by atoms with van der Waals surface area (Å²) in [6.45, 7) is 2.84. The molecule has 0 saturated carbocycles. The van der Waals surface area contributed by atoms with Crippen LogP contribution in [-0.4, -0.2) is 59.8 Å². The number of hydrogen-bond donors (Lipinski definition) is 2. The molecule has 0 radical (unpaired) electrons. The molecule has 2 aromatic rings. The van der Waals surface area contributed by atoms with Crippen molar-refractivity contribution in [2.24, 2.45) is 5.92 Å². The molecule has 8 nitrogen and oxygen atoms in total. The van der Waals surface area contributed by atoms with Gasteiger partial charge in [0.25, 0.3) is 0 Å². The van der Waals surface area contributed by atoms with E-state index in [1.165, 1.54) is 5.56 Å². The first-order valence-corrected chi connectivity index (χ1v) is 11.7. The van der Waals surface area contributed by atoms with Crippen LogP contribution in [0.2, 0.25) is 0 Å². The van der Waals surface area contributed by atoms with Gasteiger partial charge in [-0.05, 0) is 55.0 Å². The number of pyridine rings is 1. The Bertz CT molecular complexity index is 1010. The summed E-state index contributed by atoms with van der Waals surface area (Å²) in [6, 6.07) is 11.7. The van der Waals surface area contributed by atoms with E-state index in [1.807, 2.05) is 35.4 Å². The normalized spacial score (nSPS) is 21.5. The Morgan fingerprint density at radius 2 is 1.79 bits per heavy atom. The highest BCUT2D eigenvalue weighted by molar-refractivity contribution is 5.94. The van der Waals surface area contributed by atoms with Crippen LogP contribution in [0.3, 0.4) is 0 Å². The fraction of sp³-hybridized carbons (Fsp3) is 0.440. The summed E-state index contributed by atoms with van der Waals surface area (Å²) in [7, 11) is 0. The van der Waals surface area contributed by atoms with Gasteiger partial charge in [0.1, 0.15) is 6.04 Å². The molecule has 1 aromatic heterocycles. The minimum Gasteiger partial charge on any atom is -0.369 e. The number of benzene rings is 1. The van der Waals surface area contributed by atoms with Crippen LogP contribution in [0.25, 0.3) is 0 Å². The molecular formula is C25H29N5O3. The maximum Gasteiger partial charge on any atom is 0.245 e. The number of carbonyl (C=O) groups is 3. The Labute approximate surface area is 193 Å². The zero-order valence-corrected chi connectivity index (χ0v) is 18.6. The molecule has 0 unspecified atom stereocenters. The van der Waals surface area contributed by atoms with Crippen molar-refractivity contribution in [1.82, 2.24) is 15.2 Å². The highest BCUT2D eigenvalue weighted by Gasteiger charge is 2.34. The molecule has 5 rings (SSSR count). The summed E-state index contributed by atoms with van der Waals surface area (Å²) in [5.41, 5.74) is 3.10. The molecule has 8 heteroatoms. The largest absolute Gasteiger partial charge is 0.369 e. The van der Waals surface area contributed by atoms with Crippen LogP contribution in [-0.2, 0) is 14.4 Å². The summed E-state index contributed by atoms with van der Waals surface area (Å²) in [4.78, 5) is 44.7. The van der Waals surface area contributed by atoms with Crippen LogP contribution in [0.4, 0.5) is 11.4 Å². The van der Waals surface area contributed by atoms with Gasteiger partial charge in [-0.3, -0.25) is 19.4 Å². The number of nitrogens with zero attached hydrogens (tertiary/aromatic N) is 3. The Hall–Kier alpha value is -3.42. The van der Waals surface area contributed by atoms with Crippen molar-refractivity contribution in [1.29, 1.82) is 0 Å². The number of nitrogens with one attached hydrogen (secondary N) is 2. The van der Waals surface area contributed by atoms with Crippen molar-refractivity contribution in [3.05, 3.63) is 54.4 Å². The molecule has 3 aliphatic rings. The Kier molecular flexibility index (Phi) is 5.98. The third-order valence-corrected chi connectivity index (χ3v) is 7.01. The topological polar surface area (TPSA) is 94.6 Å². The molecule has 0 spiro atoms. The zero-order valence-electron chi connectivity index (χ0n) is 18.6. The van der Waals surface area contributed by atoms with Crippen LogP contribution < -0.4 is 15.5 Å². The summed E-state index contributed by atoms with van der Waals surface area (Å²) in [5, 5.41) is 5.81. The lowest BCUT2D eigenvalue weighted by Gasteiger charge is -2.39. The summed E-state index contributed by atoms with van der Waals surface area (Å²) < 4.78 is 0. The van der Waals surface area contributed by atoms with Crippen molar-refractivity contribution in [3.8, 4) is 0 Å². The van der Waals surface area contributed by atoms with Gasteiger partial charge in [-0.2, -0.15) is 0 Å². The van der Waals surface area contributed by atoms with Gasteiger partial charge in [0.05, 0.1) is 17.8 Å². The van der Waals surface area contributed by atoms with Gasteiger partial charge in [0.15, 0.2) is 0 Å². The second-order valence-corrected chi connectivity index (χ2v) is 9.18. The lowest BCUT2D eigenvalue weighted by atomic mass is 9.89. The van der Waals surface area contributed by atoms with Crippen LogP contribution in [0.15, 0.2) is 48.8 Å². The van der Waals surface area contributed by atoms with E-state index in [0.29, 0.717) is 44.9 Å². The highest BCUT2D eigenvalue weighted by Crippen LogP contribution is 2.30. The lowest BCUT2D eigenvalue weighted by molar-refractivity contribution is -0.135. The van der Waals surface area contributed by atoms with Crippen molar-refractivity contribution in [2.75, 3.05) is 36.4 Å². The molecule has 3 saturated heterocycles. The zero-order chi connectivity index (χ0) is 22.8. The van der Waals surface area contributed by atoms with E-state index in [0.717, 1.165) is 24.2 Å². The number of hydrogen-bond acceptors (Lipinski definition) is 5. The van der Waals surface area contributed by atoms with Gasteiger partial charge in [-0.1, -0.05) is 12.1 Å². The second kappa shape index (κ2) is 9.21. The van der Waals surface area contributed by atoms with E-state index >= 15 is 0 Å². The Balaban J connectivity index is 1.08. The first-order valence-electron chi connectivity index (χ1n) is 11.7. The fourth-order valence-electron chi connectivity index (χ4n) is 4.93. The van der Waals surface area contributed by atoms with Crippen LogP contribution in [0, 0.1) is 5.92 Å². The molecular weight excluding hydrogens is 418 g/mol. The molecule has 1 aromatic carbocycles. The number of carbonyl (C=O) groups excluding carboxylic acids is 3. The number of rotatable bonds is 5. The minimum absolute atomic E-state index is 0.0172. The Morgan fingerprint density at radius 3 is 2.42 bits per heavy atom. The van der Waals surface area contributed by atoms with Gasteiger partial charge in [0, 0.05) is 44.5 Å². The summed E-state index contributed by atoms with van der Waals surface area (Å²) in [5.74, 6) is 0.454. The first-order chi connectivity index (χ1) is 16.1. The average molecular weight is 448 g/mol. The number of piperidine rings is 1. The van der Waals surface area contributed by atoms with Crippen molar-refractivity contribution < 1.29 is 14.4 Å². The molecule has 0 bridgehead atoms. The van der Waals surface area contributed by atoms with Crippen molar-refractivity contribution in [3.63, 3.8) is 0 Å². The Morgan fingerprint density at radius 1 is 1.03 bits per heavy atom. The van der Waals surface area contributed by atoms with E-state index in [2.05, 4.69) is 32.7 Å². The molecule has 4 heterocycles. The van der Waals surface area contributed by atoms with Gasteiger partial charge in [-0.15, -0.1) is 0 Å². The number of amides is 3. The SMILES string of the molecule is O=C1CC[C@H](C(=O)N2CCC(c3ccc(NC(=O)C4CN(c5cccnc5)C4)cc3)CC2)N1. The van der Waals surface area contributed by atoms with E-state index in [-0.39, 0.29) is 29.7 Å². The highest BCUT2D eigenvalue weighted by atomic mass is 16.2. The molecule has 3 aliphatic heterocycles. The average Bonchev–Trinajstić information content (AvgIpc) is 3.25. The molecule has 33 heavy (non-hydrogen) atoms. The predicted octanol–water partition coefficient (Wildman–Crippen LogP) is 2.14. The van der Waals surface area contributed by atoms with Crippen molar-refractivity contribution in [2.45, 2.75) is 37.6 Å². The standard InChI is InChI=1S/C25H29N5O3/c31-23-8-7-22(28-23)25(33)29-12-9-18(10-13-29)17-3-5-20(6-4-17)27-24(32)19-15-30(16-19)21-2-1-11-26-14-21/h1-6,11,14,18-19,22H,7-10,12-13,15-16H2,(H,27,32)(H,28,31)/t22-/m1/s1. The molecule has 172 valence electrons. The summed E-state index contributed by atoms with van der Waals surface area (Å²) >= 11 is 0. The second-order valence-electron chi connectivity index (χ2n) is 9.18. The van der Waals surface area contributed by atoms with E-state index in [1.54, 1.807) is 6.20 Å². The van der Waals surface area contributed by atoms with Crippen LogP contribution in [0.5, 0.6) is 0 Å². The molecule has 0 aliphatic carbocycles. The summed E-state index contributed by atoms with van der Waals surface area (Å²) in [6.07, 6.45) is 6.43. The van der Waals surface area contributed by atoms with E-state index < -0.39 is 0 Å². The lowest BCUT2D eigenvalue weighted by Crippen LogP contribution is -2.52. The van der Waals surface area contributed by atoms with Gasteiger partial charge in [0.2, 0.25) is 17.7 Å². The van der Waals surface area contributed by atoms with Gasteiger partial charge in [-0.25, -0.2) is 0 Å². The minimum atomic E-state index is -0.343. The van der Waals surface area contributed by atoms with E-state index in [9.17, 15) is 14.4 Å². The maximum absolute atomic E-state index is 12.6. The smallest absolute Gasteiger partial charge is 0.245 e. The first kappa shape index (κ1) is 21.4. The maximum atomic E-state index is 12.6. The number of aromatic nitrogens is 1. The molecule has 3 fully saturated rings. The van der Waals surface area contributed by atoms with E-state index in [4.69, 9.17) is 0 Å². The third-order valence-electron chi connectivity index (χ3n) is 7.01. The van der Waals surface area contributed by atoms with Gasteiger partial charge < -0.3 is 20.4 Å². The van der Waals surface area contributed by atoms with Crippen LogP contribution >= 0.6 is 0 Å². The molecule has 2 N–H and O–H groups in total. The third kappa shape index (κ3) is 4.69. The fourth-order valence-corrected chi connectivity index (χ4v) is 4.93. The monoisotopic (exact) mass is 447 g/mol. The quantitative estimate of drug-likeness (QED) is 0.732. The van der Waals surface area contributed by atoms with Gasteiger partial charge >= 0.3 is 0 Å². The molecule has 3 amide bonds.